The maximum absolute atomic E-state index is 9.91. The van der Waals surface area contributed by atoms with E-state index in [1.54, 1.807) is 0 Å². The molecule has 0 unspecified atom stereocenters. The van der Waals surface area contributed by atoms with Gasteiger partial charge in [0.25, 0.3) is 0 Å². The molecule has 23 heavy (non-hydrogen) atoms. The molecule has 0 heterocycles. The van der Waals surface area contributed by atoms with Gasteiger partial charge in [-0.1, -0.05) is 38.5 Å². The van der Waals surface area contributed by atoms with Crippen LogP contribution in [0, 0.1) is 0 Å². The van der Waals surface area contributed by atoms with Crippen LogP contribution in [0.2, 0.25) is 0 Å². The summed E-state index contributed by atoms with van der Waals surface area (Å²) in [5.41, 5.74) is 11.3. The molecule has 0 aromatic carbocycles. The van der Waals surface area contributed by atoms with Crippen LogP contribution >= 0.6 is 7.60 Å². The molecule has 0 spiro atoms. The van der Waals surface area contributed by atoms with Crippen LogP contribution in [-0.2, 0) is 8.30 Å². The molecular formula is C13H32AsN2O6P. The average molecular weight is 418 g/mol. The van der Waals surface area contributed by atoms with Crippen molar-refractivity contribution in [1.29, 1.82) is 0 Å². The van der Waals surface area contributed by atoms with Gasteiger partial charge in [-0.15, -0.1) is 0 Å². The van der Waals surface area contributed by atoms with Gasteiger partial charge in [0, 0.05) is 12.1 Å². The summed E-state index contributed by atoms with van der Waals surface area (Å²) in [5.74, 6) is 0. The number of nitrogens with two attached hydrogens (primary N) is 2. The van der Waals surface area contributed by atoms with E-state index < -0.39 is 26.7 Å². The molecule has 2 rings (SSSR count). The summed E-state index contributed by atoms with van der Waals surface area (Å²) in [6, 6.07) is 1.07. The van der Waals surface area contributed by atoms with Crippen molar-refractivity contribution < 1.29 is 26.3 Å². The van der Waals surface area contributed by atoms with E-state index in [4.69, 9.17) is 29.4 Å². The molecule has 140 valence electrons. The molecule has 0 atom stereocenters. The zero-order valence-corrected chi connectivity index (χ0v) is 16.4. The van der Waals surface area contributed by atoms with Crippen LogP contribution in [-0.4, -0.2) is 49.2 Å². The molecule has 2 saturated carbocycles. The van der Waals surface area contributed by atoms with Crippen molar-refractivity contribution in [2.45, 2.75) is 76.3 Å². The fraction of sp³-hybridized carbons (Fsp3) is 1.00. The molecule has 0 bridgehead atoms. The molecule has 0 radical (unpaired) electrons. The van der Waals surface area contributed by atoms with E-state index in [0.717, 1.165) is 0 Å². The summed E-state index contributed by atoms with van der Waals surface area (Å²) < 4.78 is 35.8. The van der Waals surface area contributed by atoms with E-state index in [1.807, 2.05) is 0 Å². The van der Waals surface area contributed by atoms with Crippen LogP contribution < -0.4 is 11.5 Å². The van der Waals surface area contributed by atoms with Crippen LogP contribution in [0.25, 0.3) is 0 Å². The first-order chi connectivity index (χ1) is 10.5. The third-order valence-electron chi connectivity index (χ3n) is 3.67. The predicted octanol–water partition coefficient (Wildman–Crippen LogP) is 0.613. The van der Waals surface area contributed by atoms with Gasteiger partial charge in [0.2, 0.25) is 0 Å². The van der Waals surface area contributed by atoms with Crippen LogP contribution in [0.3, 0.4) is 0 Å². The molecule has 2 aliphatic carbocycles. The van der Waals surface area contributed by atoms with Crippen molar-refractivity contribution in [3.8, 4) is 0 Å². The molecule has 0 aromatic rings. The van der Waals surface area contributed by atoms with Crippen molar-refractivity contribution in [2.24, 2.45) is 11.5 Å². The van der Waals surface area contributed by atoms with E-state index in [-0.39, 0.29) is 0 Å². The maximum atomic E-state index is 9.91. The Kier molecular flexibility index (Phi) is 12.0. The Labute approximate surface area is 141 Å². The first-order valence-electron chi connectivity index (χ1n) is 8.10. The standard InChI is InChI=1S/2C6H13N.CH6AsO6P/c2*7-6-4-2-1-3-5-6;3-2(4,5)1-9(6,7)8/h2*6H,1-5,7H2;1H2,(H2,3,4,5)(H2,6,7,8). The van der Waals surface area contributed by atoms with Gasteiger partial charge in [0.1, 0.15) is 0 Å². The minimum absolute atomic E-state index is 0.536. The van der Waals surface area contributed by atoms with Crippen molar-refractivity contribution >= 4 is 21.8 Å². The molecule has 10 heteroatoms. The summed E-state index contributed by atoms with van der Waals surface area (Å²) in [7, 11) is -4.52. The number of hydrogen-bond donors (Lipinski definition) is 6. The summed E-state index contributed by atoms with van der Waals surface area (Å²) >= 11 is -5.11. The third kappa shape index (κ3) is 18.5. The molecule has 0 aliphatic heterocycles. The second-order valence-electron chi connectivity index (χ2n) is 6.27. The van der Waals surface area contributed by atoms with E-state index in [0.29, 0.717) is 12.1 Å². The Morgan fingerprint density at radius 1 is 0.826 bits per heavy atom. The molecule has 0 saturated heterocycles. The monoisotopic (exact) mass is 418 g/mol. The summed E-state index contributed by atoms with van der Waals surface area (Å²) in [6.45, 7) is 0. The van der Waals surface area contributed by atoms with Crippen LogP contribution in [0.4, 0.5) is 0 Å². The Bertz CT molecular complexity index is 352. The minimum atomic E-state index is -5.11. The van der Waals surface area contributed by atoms with E-state index in [1.165, 1.54) is 64.2 Å². The van der Waals surface area contributed by atoms with E-state index in [2.05, 4.69) is 0 Å². The molecular weight excluding hydrogens is 386 g/mol. The fourth-order valence-electron chi connectivity index (χ4n) is 2.51. The normalized spacial score (nSPS) is 20.8. The topological polar surface area (TPSA) is 167 Å². The molecule has 8 N–H and O–H groups in total. The van der Waals surface area contributed by atoms with Gasteiger partial charge in [0.05, 0.1) is 0 Å². The summed E-state index contributed by atoms with van der Waals surface area (Å²) in [5, 5.41) is 0. The predicted molar refractivity (Wildman–Crippen MR) is 89.9 cm³/mol. The van der Waals surface area contributed by atoms with E-state index >= 15 is 0 Å². The Balaban J connectivity index is 0.000000318. The van der Waals surface area contributed by atoms with Crippen LogP contribution in [0.15, 0.2) is 0 Å². The Hall–Kier alpha value is 0.348. The second kappa shape index (κ2) is 11.8. The first kappa shape index (κ1) is 23.3. The van der Waals surface area contributed by atoms with Gasteiger partial charge in [-0.25, -0.2) is 0 Å². The number of rotatable bonds is 2. The second-order valence-corrected chi connectivity index (χ2v) is 12.4. The van der Waals surface area contributed by atoms with Gasteiger partial charge in [-0.3, -0.25) is 0 Å². The third-order valence-corrected chi connectivity index (χ3v) is 9.04. The fourth-order valence-corrected chi connectivity index (χ4v) is 6.01. The summed E-state index contributed by atoms with van der Waals surface area (Å²) in [4.78, 5) is 14.7. The number of hydrogen-bond acceptors (Lipinski definition) is 4. The SMILES string of the molecule is NC1CCCCC1.NC1CCCCC1.O=P(O)(O)C[As](=O)(O)O. The Morgan fingerprint density at radius 3 is 1.22 bits per heavy atom. The van der Waals surface area contributed by atoms with Crippen LogP contribution in [0.5, 0.6) is 0 Å². The average Bonchev–Trinajstić information content (AvgIpc) is 2.37. The van der Waals surface area contributed by atoms with Crippen molar-refractivity contribution in [2.75, 3.05) is 4.95 Å². The van der Waals surface area contributed by atoms with Crippen molar-refractivity contribution in [3.63, 3.8) is 0 Å². The van der Waals surface area contributed by atoms with Gasteiger partial charge in [0.15, 0.2) is 0 Å². The van der Waals surface area contributed by atoms with Gasteiger partial charge in [-0.2, -0.15) is 0 Å². The van der Waals surface area contributed by atoms with Gasteiger partial charge < -0.3 is 11.5 Å². The zero-order valence-electron chi connectivity index (χ0n) is 13.6. The first-order valence-corrected chi connectivity index (χ1v) is 13.7. The van der Waals surface area contributed by atoms with Crippen molar-refractivity contribution in [1.82, 2.24) is 0 Å². The van der Waals surface area contributed by atoms with Gasteiger partial charge in [-0.05, 0) is 25.7 Å². The molecule has 0 aromatic heterocycles. The molecule has 0 amide bonds. The molecule has 2 aliphatic rings. The molecule has 8 nitrogen and oxygen atoms in total. The summed E-state index contributed by atoms with van der Waals surface area (Å²) in [6.07, 6.45) is 13.3. The molecule has 2 fully saturated rings. The van der Waals surface area contributed by atoms with Gasteiger partial charge >= 0.3 is 53.0 Å². The Morgan fingerprint density at radius 2 is 1.13 bits per heavy atom. The van der Waals surface area contributed by atoms with E-state index in [9.17, 15) is 8.30 Å². The van der Waals surface area contributed by atoms with Crippen LogP contribution in [0.1, 0.15) is 64.2 Å². The zero-order chi connectivity index (χ0) is 17.9. The quantitative estimate of drug-likeness (QED) is 0.280. The van der Waals surface area contributed by atoms with Crippen molar-refractivity contribution in [3.05, 3.63) is 0 Å².